The maximum atomic E-state index is 13.9. The molecular weight excluding hydrogens is 375 g/mol. The van der Waals surface area contributed by atoms with Crippen LogP contribution in [0.4, 0.5) is 14.9 Å². The van der Waals surface area contributed by atoms with Crippen molar-refractivity contribution < 1.29 is 18.7 Å². The third-order valence-corrected chi connectivity index (χ3v) is 4.54. The van der Waals surface area contributed by atoms with Crippen LogP contribution in [0.15, 0.2) is 42.6 Å². The molecule has 29 heavy (non-hydrogen) atoms. The minimum absolute atomic E-state index is 0.0890. The van der Waals surface area contributed by atoms with E-state index in [1.165, 1.54) is 17.0 Å². The van der Waals surface area contributed by atoms with Gasteiger partial charge in [-0.3, -0.25) is 4.79 Å². The number of anilines is 1. The van der Waals surface area contributed by atoms with Crippen molar-refractivity contribution >= 4 is 17.6 Å². The molecule has 0 radical (unpaired) electrons. The lowest BCUT2D eigenvalue weighted by Crippen LogP contribution is -2.45. The van der Waals surface area contributed by atoms with Gasteiger partial charge < -0.3 is 24.4 Å². The first-order valence-corrected chi connectivity index (χ1v) is 9.63. The molecule has 0 fully saturated rings. The Bertz CT molecular complexity index is 809. The molecule has 3 amide bonds. The monoisotopic (exact) mass is 404 g/mol. The van der Waals surface area contributed by atoms with Crippen LogP contribution in [0, 0.1) is 5.82 Å². The maximum Gasteiger partial charge on any atom is 0.322 e. The van der Waals surface area contributed by atoms with E-state index in [9.17, 15) is 14.0 Å². The number of aryl methyl sites for hydroxylation is 1. The van der Waals surface area contributed by atoms with Gasteiger partial charge in [0.2, 0.25) is 5.91 Å². The predicted molar refractivity (Wildman–Crippen MR) is 110 cm³/mol. The number of halogens is 1. The van der Waals surface area contributed by atoms with Crippen LogP contribution < -0.4 is 5.32 Å². The summed E-state index contributed by atoms with van der Waals surface area (Å²) < 4.78 is 20.9. The zero-order chi connectivity index (χ0) is 21.2. The van der Waals surface area contributed by atoms with Crippen molar-refractivity contribution in [2.24, 2.45) is 7.05 Å². The average Bonchev–Trinajstić information content (AvgIpc) is 3.10. The second-order valence-corrected chi connectivity index (χ2v) is 6.75. The number of para-hydroxylation sites is 1. The highest BCUT2D eigenvalue weighted by Gasteiger charge is 2.22. The third-order valence-electron chi connectivity index (χ3n) is 4.54. The summed E-state index contributed by atoms with van der Waals surface area (Å²) in [5.74, 6) is -0.713. The molecule has 0 atom stereocenters. The summed E-state index contributed by atoms with van der Waals surface area (Å²) in [6.07, 6.45) is 2.59. The van der Waals surface area contributed by atoms with E-state index in [1.807, 2.05) is 36.9 Å². The van der Waals surface area contributed by atoms with E-state index in [1.54, 1.807) is 24.1 Å². The highest BCUT2D eigenvalue weighted by Crippen LogP contribution is 2.14. The van der Waals surface area contributed by atoms with Crippen molar-refractivity contribution in [2.45, 2.75) is 19.9 Å². The number of urea groups is 1. The Morgan fingerprint density at radius 1 is 1.14 bits per heavy atom. The first kappa shape index (κ1) is 22.4. The smallest absolute Gasteiger partial charge is 0.322 e. The van der Waals surface area contributed by atoms with E-state index in [-0.39, 0.29) is 18.1 Å². The Morgan fingerprint density at radius 3 is 2.52 bits per heavy atom. The van der Waals surface area contributed by atoms with E-state index in [0.29, 0.717) is 32.7 Å². The van der Waals surface area contributed by atoms with Crippen LogP contribution in [0.25, 0.3) is 0 Å². The number of amides is 3. The van der Waals surface area contributed by atoms with Gasteiger partial charge in [-0.25, -0.2) is 9.18 Å². The summed E-state index contributed by atoms with van der Waals surface area (Å²) in [7, 11) is 3.50. The summed E-state index contributed by atoms with van der Waals surface area (Å²) in [5, 5.41) is 2.55. The molecule has 0 spiro atoms. The standard InChI is InChI=1S/C21H29FN4O3/c1-4-11-26(21(28)23-19-10-6-5-9-18(19)22)16-20(27)25(13-14-29-3)15-17-8-7-12-24(17)2/h5-10,12H,4,11,13-16H2,1-3H3,(H,23,28). The first-order chi connectivity index (χ1) is 14.0. The van der Waals surface area contributed by atoms with Gasteiger partial charge >= 0.3 is 6.03 Å². The van der Waals surface area contributed by atoms with Gasteiger partial charge in [0.25, 0.3) is 0 Å². The molecule has 0 aliphatic rings. The van der Waals surface area contributed by atoms with Crippen LogP contribution in [0.2, 0.25) is 0 Å². The van der Waals surface area contributed by atoms with Crippen molar-refractivity contribution in [1.82, 2.24) is 14.4 Å². The Kier molecular flexibility index (Phi) is 8.67. The molecule has 0 saturated heterocycles. The number of carbonyl (C=O) groups is 2. The Balaban J connectivity index is 2.08. The number of nitrogens with zero attached hydrogens (tertiary/aromatic N) is 3. The van der Waals surface area contributed by atoms with Crippen LogP contribution >= 0.6 is 0 Å². The first-order valence-electron chi connectivity index (χ1n) is 9.63. The summed E-state index contributed by atoms with van der Waals surface area (Å²) in [5.41, 5.74) is 1.07. The molecule has 2 rings (SSSR count). The normalized spacial score (nSPS) is 10.6. The SMILES string of the molecule is CCCN(CC(=O)N(CCOC)Cc1cccn1C)C(=O)Nc1ccccc1F. The number of rotatable bonds is 10. The molecule has 2 aromatic rings. The van der Waals surface area contributed by atoms with Crippen LogP contribution in [0.5, 0.6) is 0 Å². The lowest BCUT2D eigenvalue weighted by Gasteiger charge is -2.27. The van der Waals surface area contributed by atoms with Crippen molar-refractivity contribution in [3.05, 3.63) is 54.1 Å². The van der Waals surface area contributed by atoms with Gasteiger partial charge in [0, 0.05) is 39.1 Å². The van der Waals surface area contributed by atoms with Crippen LogP contribution in [-0.4, -0.2) is 59.7 Å². The molecule has 0 saturated carbocycles. The maximum absolute atomic E-state index is 13.9. The summed E-state index contributed by atoms with van der Waals surface area (Å²) in [6.45, 7) is 3.43. The molecular formula is C21H29FN4O3. The fraction of sp³-hybridized carbons (Fsp3) is 0.429. The van der Waals surface area contributed by atoms with Crippen molar-refractivity contribution in [3.63, 3.8) is 0 Å². The number of aromatic nitrogens is 1. The van der Waals surface area contributed by atoms with Gasteiger partial charge in [0.15, 0.2) is 0 Å². The Labute approximate surface area is 171 Å². The number of ether oxygens (including phenoxy) is 1. The number of hydrogen-bond donors (Lipinski definition) is 1. The minimum Gasteiger partial charge on any atom is -0.383 e. The highest BCUT2D eigenvalue weighted by molar-refractivity contribution is 5.92. The van der Waals surface area contributed by atoms with E-state index in [2.05, 4.69) is 5.32 Å². The van der Waals surface area contributed by atoms with Crippen molar-refractivity contribution in [2.75, 3.05) is 38.7 Å². The zero-order valence-electron chi connectivity index (χ0n) is 17.2. The lowest BCUT2D eigenvalue weighted by molar-refractivity contribution is -0.133. The van der Waals surface area contributed by atoms with Crippen LogP contribution in [-0.2, 0) is 23.1 Å². The van der Waals surface area contributed by atoms with E-state index < -0.39 is 11.8 Å². The van der Waals surface area contributed by atoms with Crippen molar-refractivity contribution in [3.8, 4) is 0 Å². The molecule has 1 aromatic carbocycles. The Hall–Kier alpha value is -2.87. The Morgan fingerprint density at radius 2 is 1.90 bits per heavy atom. The zero-order valence-corrected chi connectivity index (χ0v) is 17.2. The third kappa shape index (κ3) is 6.60. The average molecular weight is 404 g/mol. The van der Waals surface area contributed by atoms with Crippen LogP contribution in [0.1, 0.15) is 19.0 Å². The molecule has 7 nitrogen and oxygen atoms in total. The van der Waals surface area contributed by atoms with E-state index in [4.69, 9.17) is 4.74 Å². The number of nitrogens with one attached hydrogen (secondary N) is 1. The van der Waals surface area contributed by atoms with Crippen molar-refractivity contribution in [1.29, 1.82) is 0 Å². The molecule has 0 aliphatic carbocycles. The second kappa shape index (κ2) is 11.2. The van der Waals surface area contributed by atoms with Gasteiger partial charge in [-0.05, 0) is 30.7 Å². The summed E-state index contributed by atoms with van der Waals surface area (Å²) in [4.78, 5) is 28.7. The number of hydrogen-bond acceptors (Lipinski definition) is 3. The molecule has 1 heterocycles. The summed E-state index contributed by atoms with van der Waals surface area (Å²) >= 11 is 0. The minimum atomic E-state index is -0.519. The molecule has 1 aromatic heterocycles. The predicted octanol–water partition coefficient (Wildman–Crippen LogP) is 3.08. The van der Waals surface area contributed by atoms with Gasteiger partial charge in [-0.2, -0.15) is 0 Å². The van der Waals surface area contributed by atoms with E-state index in [0.717, 1.165) is 5.69 Å². The molecule has 8 heteroatoms. The van der Waals surface area contributed by atoms with E-state index >= 15 is 0 Å². The fourth-order valence-corrected chi connectivity index (χ4v) is 2.89. The quantitative estimate of drug-likeness (QED) is 0.662. The fourth-order valence-electron chi connectivity index (χ4n) is 2.89. The van der Waals surface area contributed by atoms with Gasteiger partial charge in [0.1, 0.15) is 12.4 Å². The number of methoxy groups -OCH3 is 1. The molecule has 158 valence electrons. The number of carbonyl (C=O) groups excluding carboxylic acids is 2. The van der Waals surface area contributed by atoms with Gasteiger partial charge in [0.05, 0.1) is 18.8 Å². The van der Waals surface area contributed by atoms with Gasteiger partial charge in [-0.15, -0.1) is 0 Å². The topological polar surface area (TPSA) is 66.8 Å². The van der Waals surface area contributed by atoms with Gasteiger partial charge in [-0.1, -0.05) is 19.1 Å². The highest BCUT2D eigenvalue weighted by atomic mass is 19.1. The summed E-state index contributed by atoms with van der Waals surface area (Å²) in [6, 6.07) is 9.31. The molecule has 1 N–H and O–H groups in total. The molecule has 0 unspecified atom stereocenters. The second-order valence-electron chi connectivity index (χ2n) is 6.75. The molecule has 0 aliphatic heterocycles. The molecule has 0 bridgehead atoms. The lowest BCUT2D eigenvalue weighted by atomic mass is 10.3. The van der Waals surface area contributed by atoms with Crippen LogP contribution in [0.3, 0.4) is 0 Å². The largest absolute Gasteiger partial charge is 0.383 e. The number of benzene rings is 1.